The standard InChI is InChI=1S/C13H22N2O2/c1-10(2)8-17-9-12(16)7-14-13-6-4-5-11(3)15-13/h4-6,10,12,16H,7-9H2,1-3H3,(H,14,15). The molecule has 0 aliphatic rings. The number of rotatable bonds is 7. The molecule has 0 saturated carbocycles. The molecule has 0 saturated heterocycles. The Hall–Kier alpha value is -1.13. The van der Waals surface area contributed by atoms with Crippen molar-refractivity contribution in [3.05, 3.63) is 23.9 Å². The third kappa shape index (κ3) is 6.24. The molecule has 0 spiro atoms. The van der Waals surface area contributed by atoms with Crippen molar-refractivity contribution in [2.24, 2.45) is 5.92 Å². The van der Waals surface area contributed by atoms with Crippen molar-refractivity contribution in [1.29, 1.82) is 0 Å². The first-order chi connectivity index (χ1) is 8.08. The number of anilines is 1. The van der Waals surface area contributed by atoms with Crippen molar-refractivity contribution in [3.63, 3.8) is 0 Å². The van der Waals surface area contributed by atoms with Crippen LogP contribution in [0.2, 0.25) is 0 Å². The molecule has 0 aromatic carbocycles. The van der Waals surface area contributed by atoms with Gasteiger partial charge in [-0.25, -0.2) is 4.98 Å². The molecule has 0 aliphatic carbocycles. The van der Waals surface area contributed by atoms with E-state index in [1.165, 1.54) is 0 Å². The Morgan fingerprint density at radius 3 is 2.76 bits per heavy atom. The van der Waals surface area contributed by atoms with Gasteiger partial charge < -0.3 is 15.2 Å². The summed E-state index contributed by atoms with van der Waals surface area (Å²) in [6.45, 7) is 7.60. The van der Waals surface area contributed by atoms with Gasteiger partial charge in [0.2, 0.25) is 0 Å². The number of aliphatic hydroxyl groups excluding tert-OH is 1. The van der Waals surface area contributed by atoms with Gasteiger partial charge in [-0.1, -0.05) is 19.9 Å². The molecule has 4 nitrogen and oxygen atoms in total. The van der Waals surface area contributed by atoms with Crippen LogP contribution in [-0.2, 0) is 4.74 Å². The number of hydrogen-bond donors (Lipinski definition) is 2. The number of nitrogens with zero attached hydrogens (tertiary/aromatic N) is 1. The third-order valence-corrected chi connectivity index (χ3v) is 2.17. The van der Waals surface area contributed by atoms with Crippen LogP contribution < -0.4 is 5.32 Å². The highest BCUT2D eigenvalue weighted by Crippen LogP contribution is 2.03. The van der Waals surface area contributed by atoms with Gasteiger partial charge in [0.05, 0.1) is 12.7 Å². The number of nitrogens with one attached hydrogen (secondary N) is 1. The predicted octanol–water partition coefficient (Wildman–Crippen LogP) is 1.84. The quantitative estimate of drug-likeness (QED) is 0.761. The lowest BCUT2D eigenvalue weighted by Crippen LogP contribution is -2.26. The Bertz CT molecular complexity index is 329. The van der Waals surface area contributed by atoms with Gasteiger partial charge in [-0.3, -0.25) is 0 Å². The predicted molar refractivity (Wildman–Crippen MR) is 69.1 cm³/mol. The van der Waals surface area contributed by atoms with E-state index in [-0.39, 0.29) is 0 Å². The van der Waals surface area contributed by atoms with Crippen LogP contribution in [-0.4, -0.2) is 36.0 Å². The second-order valence-corrected chi connectivity index (χ2v) is 4.63. The lowest BCUT2D eigenvalue weighted by atomic mass is 10.2. The van der Waals surface area contributed by atoms with Crippen molar-refractivity contribution in [1.82, 2.24) is 4.98 Å². The number of ether oxygens (including phenoxy) is 1. The molecule has 1 aromatic heterocycles. The van der Waals surface area contributed by atoms with E-state index in [0.717, 1.165) is 11.5 Å². The average molecular weight is 238 g/mol. The Kier molecular flexibility index (Phi) is 5.94. The SMILES string of the molecule is Cc1cccc(NCC(O)COCC(C)C)n1. The van der Waals surface area contributed by atoms with E-state index in [1.54, 1.807) is 0 Å². The first kappa shape index (κ1) is 13.9. The van der Waals surface area contributed by atoms with E-state index >= 15 is 0 Å². The minimum Gasteiger partial charge on any atom is -0.389 e. The zero-order chi connectivity index (χ0) is 12.7. The monoisotopic (exact) mass is 238 g/mol. The molecule has 0 amide bonds. The second-order valence-electron chi connectivity index (χ2n) is 4.63. The summed E-state index contributed by atoms with van der Waals surface area (Å²) in [4.78, 5) is 4.29. The van der Waals surface area contributed by atoms with E-state index in [1.807, 2.05) is 25.1 Å². The van der Waals surface area contributed by atoms with Gasteiger partial charge in [0.25, 0.3) is 0 Å². The lowest BCUT2D eigenvalue weighted by molar-refractivity contribution is 0.0317. The summed E-state index contributed by atoms with van der Waals surface area (Å²) in [5.74, 6) is 1.28. The normalized spacial score (nSPS) is 12.8. The minimum absolute atomic E-state index is 0.358. The molecule has 0 aliphatic heterocycles. The highest BCUT2D eigenvalue weighted by molar-refractivity contribution is 5.35. The van der Waals surface area contributed by atoms with Crippen LogP contribution in [0, 0.1) is 12.8 Å². The topological polar surface area (TPSA) is 54.4 Å². The average Bonchev–Trinajstić information content (AvgIpc) is 2.26. The fourth-order valence-electron chi connectivity index (χ4n) is 1.36. The molecular weight excluding hydrogens is 216 g/mol. The zero-order valence-corrected chi connectivity index (χ0v) is 10.8. The molecule has 1 aromatic rings. The molecular formula is C13H22N2O2. The fourth-order valence-corrected chi connectivity index (χ4v) is 1.36. The number of pyridine rings is 1. The van der Waals surface area contributed by atoms with Crippen LogP contribution in [0.25, 0.3) is 0 Å². The molecule has 0 bridgehead atoms. The lowest BCUT2D eigenvalue weighted by Gasteiger charge is -2.13. The summed E-state index contributed by atoms with van der Waals surface area (Å²) in [5.41, 5.74) is 0.959. The molecule has 1 rings (SSSR count). The van der Waals surface area contributed by atoms with Gasteiger partial charge in [0, 0.05) is 18.8 Å². The number of aliphatic hydroxyl groups is 1. The fraction of sp³-hybridized carbons (Fsp3) is 0.615. The van der Waals surface area contributed by atoms with Crippen LogP contribution in [0.5, 0.6) is 0 Å². The zero-order valence-electron chi connectivity index (χ0n) is 10.8. The summed E-state index contributed by atoms with van der Waals surface area (Å²) in [7, 11) is 0. The largest absolute Gasteiger partial charge is 0.389 e. The maximum atomic E-state index is 9.68. The van der Waals surface area contributed by atoms with Crippen LogP contribution in [0.1, 0.15) is 19.5 Å². The number of aromatic nitrogens is 1. The van der Waals surface area contributed by atoms with Crippen LogP contribution >= 0.6 is 0 Å². The first-order valence-corrected chi connectivity index (χ1v) is 6.01. The molecule has 96 valence electrons. The molecule has 1 heterocycles. The van der Waals surface area contributed by atoms with E-state index < -0.39 is 6.10 Å². The van der Waals surface area contributed by atoms with Crippen LogP contribution in [0.15, 0.2) is 18.2 Å². The molecule has 1 unspecified atom stereocenters. The maximum absolute atomic E-state index is 9.68. The van der Waals surface area contributed by atoms with Crippen molar-refractivity contribution >= 4 is 5.82 Å². The van der Waals surface area contributed by atoms with E-state index in [0.29, 0.717) is 25.7 Å². The Morgan fingerprint density at radius 1 is 1.35 bits per heavy atom. The Morgan fingerprint density at radius 2 is 2.12 bits per heavy atom. The van der Waals surface area contributed by atoms with Crippen molar-refractivity contribution in [2.45, 2.75) is 26.9 Å². The summed E-state index contributed by atoms with van der Waals surface area (Å²) >= 11 is 0. The summed E-state index contributed by atoms with van der Waals surface area (Å²) in [6, 6.07) is 5.76. The molecule has 17 heavy (non-hydrogen) atoms. The van der Waals surface area contributed by atoms with Gasteiger partial charge in [0.15, 0.2) is 0 Å². The Labute approximate surface area is 103 Å². The summed E-state index contributed by atoms with van der Waals surface area (Å²) in [6.07, 6.45) is -0.504. The first-order valence-electron chi connectivity index (χ1n) is 6.01. The maximum Gasteiger partial charge on any atom is 0.126 e. The van der Waals surface area contributed by atoms with E-state index in [4.69, 9.17) is 4.74 Å². The highest BCUT2D eigenvalue weighted by Gasteiger charge is 2.05. The number of hydrogen-bond acceptors (Lipinski definition) is 4. The smallest absolute Gasteiger partial charge is 0.126 e. The molecule has 4 heteroatoms. The van der Waals surface area contributed by atoms with Gasteiger partial charge >= 0.3 is 0 Å². The third-order valence-electron chi connectivity index (χ3n) is 2.17. The minimum atomic E-state index is -0.504. The second kappa shape index (κ2) is 7.25. The van der Waals surface area contributed by atoms with Crippen molar-refractivity contribution in [3.8, 4) is 0 Å². The van der Waals surface area contributed by atoms with Gasteiger partial charge in [-0.2, -0.15) is 0 Å². The molecule has 0 radical (unpaired) electrons. The molecule has 0 fully saturated rings. The molecule has 1 atom stereocenters. The van der Waals surface area contributed by atoms with Gasteiger partial charge in [-0.15, -0.1) is 0 Å². The summed E-state index contributed by atoms with van der Waals surface area (Å²) in [5, 5.41) is 12.8. The van der Waals surface area contributed by atoms with Crippen LogP contribution in [0.4, 0.5) is 5.82 Å². The van der Waals surface area contributed by atoms with Crippen LogP contribution in [0.3, 0.4) is 0 Å². The summed E-state index contributed by atoms with van der Waals surface area (Å²) < 4.78 is 5.36. The number of aryl methyl sites for hydroxylation is 1. The van der Waals surface area contributed by atoms with Gasteiger partial charge in [0.1, 0.15) is 5.82 Å². The van der Waals surface area contributed by atoms with Crippen molar-refractivity contribution in [2.75, 3.05) is 25.1 Å². The highest BCUT2D eigenvalue weighted by atomic mass is 16.5. The molecule has 2 N–H and O–H groups in total. The Balaban J connectivity index is 2.21. The van der Waals surface area contributed by atoms with Gasteiger partial charge in [-0.05, 0) is 25.0 Å². The van der Waals surface area contributed by atoms with E-state index in [2.05, 4.69) is 24.1 Å². The van der Waals surface area contributed by atoms with E-state index in [9.17, 15) is 5.11 Å². The van der Waals surface area contributed by atoms with Crippen molar-refractivity contribution < 1.29 is 9.84 Å².